The number of hydrogen-bond acceptors (Lipinski definition) is 4. The first-order valence-corrected chi connectivity index (χ1v) is 8.28. The van der Waals surface area contributed by atoms with Gasteiger partial charge in [-0.3, -0.25) is 0 Å². The minimum absolute atomic E-state index is 0.342. The van der Waals surface area contributed by atoms with Gasteiger partial charge in [-0.05, 0) is 37.4 Å². The summed E-state index contributed by atoms with van der Waals surface area (Å²) < 4.78 is 22.5. The van der Waals surface area contributed by atoms with E-state index in [9.17, 15) is 4.57 Å². The highest BCUT2D eigenvalue weighted by molar-refractivity contribution is 8.55. The van der Waals surface area contributed by atoms with Crippen molar-refractivity contribution in [2.24, 2.45) is 0 Å². The van der Waals surface area contributed by atoms with Gasteiger partial charge >= 0.3 is 6.80 Å². The largest absolute Gasteiger partial charge is 0.393 e. The molecule has 0 heterocycles. The summed E-state index contributed by atoms with van der Waals surface area (Å²) in [6, 6.07) is 7.18. The van der Waals surface area contributed by atoms with Crippen molar-refractivity contribution in [3.63, 3.8) is 0 Å². The van der Waals surface area contributed by atoms with Gasteiger partial charge in [-0.15, -0.1) is 0 Å². The molecule has 0 aliphatic heterocycles. The average Bonchev–Trinajstić information content (AvgIpc) is 2.22. The lowest BCUT2D eigenvalue weighted by Crippen LogP contribution is -1.92. The lowest BCUT2D eigenvalue weighted by atomic mass is 10.4. The van der Waals surface area contributed by atoms with Crippen molar-refractivity contribution in [2.75, 3.05) is 13.2 Å². The molecule has 0 radical (unpaired) electrons. The molecular formula is C10H14ClO3PS. The van der Waals surface area contributed by atoms with Crippen LogP contribution in [-0.2, 0) is 13.6 Å². The average molecular weight is 281 g/mol. The zero-order chi connectivity index (χ0) is 12.0. The summed E-state index contributed by atoms with van der Waals surface area (Å²) in [7, 11) is 0. The van der Waals surface area contributed by atoms with E-state index in [1.54, 1.807) is 26.0 Å². The SMILES string of the molecule is CCOP(=O)(OCC)Sc1ccccc1Cl. The summed E-state index contributed by atoms with van der Waals surface area (Å²) in [5.41, 5.74) is 0. The Morgan fingerprint density at radius 1 is 1.25 bits per heavy atom. The molecule has 0 aromatic heterocycles. The van der Waals surface area contributed by atoms with Crippen LogP contribution in [0.25, 0.3) is 0 Å². The first-order chi connectivity index (χ1) is 7.61. The second-order valence-corrected chi connectivity index (χ2v) is 7.13. The minimum Gasteiger partial charge on any atom is -0.301 e. The second-order valence-electron chi connectivity index (χ2n) is 2.80. The molecule has 0 saturated heterocycles. The van der Waals surface area contributed by atoms with Crippen LogP contribution >= 0.6 is 29.8 Å². The molecule has 0 amide bonds. The molecule has 0 saturated carbocycles. The second kappa shape index (κ2) is 6.67. The van der Waals surface area contributed by atoms with Crippen LogP contribution in [0.3, 0.4) is 0 Å². The van der Waals surface area contributed by atoms with Gasteiger partial charge < -0.3 is 9.05 Å². The van der Waals surface area contributed by atoms with Crippen molar-refractivity contribution < 1.29 is 13.6 Å². The maximum atomic E-state index is 12.2. The maximum absolute atomic E-state index is 12.2. The van der Waals surface area contributed by atoms with Gasteiger partial charge in [-0.25, -0.2) is 4.57 Å². The summed E-state index contributed by atoms with van der Waals surface area (Å²) in [4.78, 5) is 0.703. The molecule has 0 aliphatic carbocycles. The molecular weight excluding hydrogens is 267 g/mol. The third-order valence-corrected chi connectivity index (χ3v) is 5.88. The van der Waals surface area contributed by atoms with Gasteiger partial charge in [0.2, 0.25) is 0 Å². The Kier molecular flexibility index (Phi) is 5.87. The number of benzene rings is 1. The van der Waals surface area contributed by atoms with Crippen molar-refractivity contribution in [3.05, 3.63) is 29.3 Å². The fourth-order valence-electron chi connectivity index (χ4n) is 1.05. The van der Waals surface area contributed by atoms with E-state index in [2.05, 4.69) is 0 Å². The Hall–Kier alpha value is 0.01000. The van der Waals surface area contributed by atoms with E-state index < -0.39 is 6.80 Å². The van der Waals surface area contributed by atoms with Crippen molar-refractivity contribution in [1.29, 1.82) is 0 Å². The molecule has 90 valence electrons. The monoisotopic (exact) mass is 280 g/mol. The van der Waals surface area contributed by atoms with Crippen LogP contribution in [0.15, 0.2) is 29.2 Å². The third kappa shape index (κ3) is 4.11. The highest BCUT2D eigenvalue weighted by Crippen LogP contribution is 2.64. The van der Waals surface area contributed by atoms with Gasteiger partial charge in [0, 0.05) is 4.90 Å². The zero-order valence-corrected chi connectivity index (χ0v) is 11.6. The maximum Gasteiger partial charge on any atom is 0.393 e. The Bertz CT molecular complexity index is 376. The fraction of sp³-hybridized carbons (Fsp3) is 0.400. The van der Waals surface area contributed by atoms with Crippen molar-refractivity contribution in [2.45, 2.75) is 18.7 Å². The molecule has 0 bridgehead atoms. The molecule has 0 spiro atoms. The zero-order valence-electron chi connectivity index (χ0n) is 9.18. The summed E-state index contributed by atoms with van der Waals surface area (Å²) in [6.07, 6.45) is 0. The predicted octanol–water partition coefficient (Wildman–Crippen LogP) is 4.61. The Morgan fingerprint density at radius 2 is 1.81 bits per heavy atom. The molecule has 1 aromatic rings. The van der Waals surface area contributed by atoms with Gasteiger partial charge in [0.15, 0.2) is 0 Å². The van der Waals surface area contributed by atoms with Crippen molar-refractivity contribution in [3.8, 4) is 0 Å². The Labute approximate surface area is 105 Å². The number of rotatable bonds is 6. The molecule has 0 fully saturated rings. The fourth-order valence-corrected chi connectivity index (χ4v) is 4.96. The van der Waals surface area contributed by atoms with E-state index in [0.29, 0.717) is 23.1 Å². The van der Waals surface area contributed by atoms with Crippen LogP contribution in [0.4, 0.5) is 0 Å². The van der Waals surface area contributed by atoms with Gasteiger partial charge in [-0.1, -0.05) is 23.7 Å². The van der Waals surface area contributed by atoms with Crippen LogP contribution in [0.2, 0.25) is 5.02 Å². The minimum atomic E-state index is -3.14. The van der Waals surface area contributed by atoms with E-state index in [-0.39, 0.29) is 0 Å². The van der Waals surface area contributed by atoms with E-state index in [1.165, 1.54) is 0 Å². The quantitative estimate of drug-likeness (QED) is 0.713. The molecule has 3 nitrogen and oxygen atoms in total. The Balaban J connectivity index is 2.83. The van der Waals surface area contributed by atoms with Crippen molar-refractivity contribution >= 4 is 29.8 Å². The van der Waals surface area contributed by atoms with E-state index >= 15 is 0 Å². The summed E-state index contributed by atoms with van der Waals surface area (Å²) in [5.74, 6) is 0. The summed E-state index contributed by atoms with van der Waals surface area (Å²) in [6.45, 7) is 1.10. The molecule has 0 atom stereocenters. The smallest absolute Gasteiger partial charge is 0.301 e. The van der Waals surface area contributed by atoms with Crippen LogP contribution in [0.1, 0.15) is 13.8 Å². The first kappa shape index (κ1) is 14.1. The number of halogens is 1. The van der Waals surface area contributed by atoms with E-state index in [0.717, 1.165) is 11.4 Å². The molecule has 0 N–H and O–H groups in total. The first-order valence-electron chi connectivity index (χ1n) is 4.94. The van der Waals surface area contributed by atoms with Gasteiger partial charge in [-0.2, -0.15) is 0 Å². The van der Waals surface area contributed by atoms with Crippen molar-refractivity contribution in [1.82, 2.24) is 0 Å². The highest BCUT2D eigenvalue weighted by atomic mass is 35.5. The van der Waals surface area contributed by atoms with E-state index in [1.807, 2.05) is 12.1 Å². The lowest BCUT2D eigenvalue weighted by Gasteiger charge is -2.16. The molecule has 16 heavy (non-hydrogen) atoms. The van der Waals surface area contributed by atoms with Gasteiger partial charge in [0.1, 0.15) is 0 Å². The molecule has 0 aliphatic rings. The molecule has 0 unspecified atom stereocenters. The number of hydrogen-bond donors (Lipinski definition) is 0. The standard InChI is InChI=1S/C10H14ClO3PS/c1-3-13-15(12,14-4-2)16-10-8-6-5-7-9(10)11/h5-8H,3-4H2,1-2H3. The summed E-state index contributed by atoms with van der Waals surface area (Å²) >= 11 is 7.02. The van der Waals surface area contributed by atoms with Gasteiger partial charge in [0.25, 0.3) is 0 Å². The van der Waals surface area contributed by atoms with Crippen LogP contribution < -0.4 is 0 Å². The van der Waals surface area contributed by atoms with E-state index in [4.69, 9.17) is 20.6 Å². The summed E-state index contributed by atoms with van der Waals surface area (Å²) in [5, 5.41) is 0.548. The molecule has 1 rings (SSSR count). The van der Waals surface area contributed by atoms with Crippen LogP contribution in [-0.4, -0.2) is 13.2 Å². The van der Waals surface area contributed by atoms with Gasteiger partial charge in [0.05, 0.1) is 18.2 Å². The predicted molar refractivity (Wildman–Crippen MR) is 68.2 cm³/mol. The van der Waals surface area contributed by atoms with Crippen LogP contribution in [0.5, 0.6) is 0 Å². The molecule has 6 heteroatoms. The topological polar surface area (TPSA) is 35.5 Å². The van der Waals surface area contributed by atoms with Crippen LogP contribution in [0, 0.1) is 0 Å². The molecule has 1 aromatic carbocycles. The Morgan fingerprint density at radius 3 is 2.31 bits per heavy atom. The normalized spacial score (nSPS) is 11.7. The highest BCUT2D eigenvalue weighted by Gasteiger charge is 2.26. The third-order valence-electron chi connectivity index (χ3n) is 1.62. The lowest BCUT2D eigenvalue weighted by molar-refractivity contribution is 0.237.